The van der Waals surface area contributed by atoms with E-state index in [1.807, 2.05) is 6.92 Å². The van der Waals surface area contributed by atoms with Crippen molar-refractivity contribution in [3.05, 3.63) is 12.2 Å². The molecule has 1 heterocycles. The fourth-order valence-corrected chi connectivity index (χ4v) is 1.72. The topological polar surface area (TPSA) is 66.8 Å². The molecule has 16 heavy (non-hydrogen) atoms. The van der Waals surface area contributed by atoms with Gasteiger partial charge in [0.25, 0.3) is 0 Å². The standard InChI is InChI=1S/C12H20O4/c1-9-4-2-5-10(13)6-3-7-11(14)8-12(15)16-9/h3,7,9-11,13-14H,2,4-6,8H2,1H3/b7-3-/t9-,10-,11-/m1/s1. The third kappa shape index (κ3) is 5.28. The average molecular weight is 228 g/mol. The molecule has 92 valence electrons. The van der Waals surface area contributed by atoms with Gasteiger partial charge in [-0.25, -0.2) is 0 Å². The van der Waals surface area contributed by atoms with Crippen molar-refractivity contribution in [2.45, 2.75) is 57.3 Å². The summed E-state index contributed by atoms with van der Waals surface area (Å²) in [4.78, 5) is 11.3. The van der Waals surface area contributed by atoms with E-state index in [0.717, 1.165) is 12.8 Å². The molecule has 0 spiro atoms. The second-order valence-corrected chi connectivity index (χ2v) is 4.32. The van der Waals surface area contributed by atoms with Crippen LogP contribution in [-0.2, 0) is 9.53 Å². The minimum atomic E-state index is -0.814. The number of aliphatic hydroxyl groups is 2. The van der Waals surface area contributed by atoms with E-state index >= 15 is 0 Å². The third-order valence-electron chi connectivity index (χ3n) is 2.62. The van der Waals surface area contributed by atoms with Crippen molar-refractivity contribution in [3.8, 4) is 0 Å². The molecule has 4 heteroatoms. The van der Waals surface area contributed by atoms with Crippen LogP contribution >= 0.6 is 0 Å². The summed E-state index contributed by atoms with van der Waals surface area (Å²) in [7, 11) is 0. The molecule has 0 saturated carbocycles. The fourth-order valence-electron chi connectivity index (χ4n) is 1.72. The van der Waals surface area contributed by atoms with Crippen molar-refractivity contribution in [2.75, 3.05) is 0 Å². The Kier molecular flexibility index (Phi) is 5.49. The Labute approximate surface area is 95.9 Å². The highest BCUT2D eigenvalue weighted by Gasteiger charge is 2.14. The van der Waals surface area contributed by atoms with Crippen molar-refractivity contribution in [2.24, 2.45) is 0 Å². The Morgan fingerprint density at radius 3 is 2.88 bits per heavy atom. The van der Waals surface area contributed by atoms with Crippen LogP contribution in [0.5, 0.6) is 0 Å². The van der Waals surface area contributed by atoms with Gasteiger partial charge in [0.15, 0.2) is 0 Å². The quantitative estimate of drug-likeness (QED) is 0.482. The first kappa shape index (κ1) is 13.2. The van der Waals surface area contributed by atoms with E-state index in [1.165, 1.54) is 6.08 Å². The lowest BCUT2D eigenvalue weighted by atomic mass is 10.1. The predicted octanol–water partition coefficient (Wildman–Crippen LogP) is 1.16. The van der Waals surface area contributed by atoms with Gasteiger partial charge in [-0.15, -0.1) is 0 Å². The second-order valence-electron chi connectivity index (χ2n) is 4.32. The highest BCUT2D eigenvalue weighted by Crippen LogP contribution is 2.12. The summed E-state index contributed by atoms with van der Waals surface area (Å²) < 4.78 is 5.11. The van der Waals surface area contributed by atoms with Gasteiger partial charge >= 0.3 is 5.97 Å². The molecule has 3 atom stereocenters. The maximum Gasteiger partial charge on any atom is 0.309 e. The van der Waals surface area contributed by atoms with Crippen LogP contribution in [0.1, 0.15) is 39.0 Å². The van der Waals surface area contributed by atoms with Crippen LogP contribution in [0.2, 0.25) is 0 Å². The monoisotopic (exact) mass is 228 g/mol. The van der Waals surface area contributed by atoms with Gasteiger partial charge in [-0.1, -0.05) is 12.2 Å². The zero-order valence-electron chi connectivity index (χ0n) is 9.63. The number of hydrogen-bond donors (Lipinski definition) is 2. The number of ether oxygens (including phenoxy) is 1. The summed E-state index contributed by atoms with van der Waals surface area (Å²) in [5.74, 6) is -0.370. The van der Waals surface area contributed by atoms with Crippen LogP contribution < -0.4 is 0 Å². The van der Waals surface area contributed by atoms with E-state index in [1.54, 1.807) is 6.08 Å². The number of hydrogen-bond acceptors (Lipinski definition) is 4. The molecule has 0 aromatic carbocycles. The smallest absolute Gasteiger partial charge is 0.309 e. The number of esters is 1. The highest BCUT2D eigenvalue weighted by atomic mass is 16.5. The SMILES string of the molecule is C[C@@H]1CCC[C@@H](O)C/C=C\[C@@H](O)CC(=O)O1. The zero-order valence-corrected chi connectivity index (χ0v) is 9.63. The Balaban J connectivity index is 2.55. The van der Waals surface area contributed by atoms with Crippen LogP contribution in [0.4, 0.5) is 0 Å². The lowest BCUT2D eigenvalue weighted by Gasteiger charge is -2.16. The normalized spacial score (nSPS) is 35.7. The van der Waals surface area contributed by atoms with Gasteiger partial charge in [-0.05, 0) is 32.6 Å². The predicted molar refractivity (Wildman–Crippen MR) is 59.8 cm³/mol. The molecular weight excluding hydrogens is 208 g/mol. The largest absolute Gasteiger partial charge is 0.463 e. The lowest BCUT2D eigenvalue weighted by molar-refractivity contribution is -0.150. The summed E-state index contributed by atoms with van der Waals surface area (Å²) in [6.45, 7) is 1.83. The van der Waals surface area contributed by atoms with Crippen molar-refractivity contribution < 1.29 is 19.7 Å². The van der Waals surface area contributed by atoms with Gasteiger partial charge in [0.05, 0.1) is 24.7 Å². The van der Waals surface area contributed by atoms with Gasteiger partial charge in [0.2, 0.25) is 0 Å². The van der Waals surface area contributed by atoms with E-state index in [4.69, 9.17) is 4.74 Å². The first-order valence-corrected chi connectivity index (χ1v) is 5.80. The van der Waals surface area contributed by atoms with Crippen molar-refractivity contribution in [1.29, 1.82) is 0 Å². The zero-order chi connectivity index (χ0) is 12.0. The molecule has 2 N–H and O–H groups in total. The molecule has 4 nitrogen and oxygen atoms in total. The molecule has 0 amide bonds. The molecule has 0 radical (unpaired) electrons. The molecule has 1 rings (SSSR count). The Hall–Kier alpha value is -0.870. The van der Waals surface area contributed by atoms with Gasteiger partial charge in [0.1, 0.15) is 0 Å². The van der Waals surface area contributed by atoms with Gasteiger partial charge in [-0.3, -0.25) is 4.79 Å². The molecule has 0 aromatic heterocycles. The van der Waals surface area contributed by atoms with Crippen LogP contribution in [-0.4, -0.2) is 34.5 Å². The molecule has 0 unspecified atom stereocenters. The molecule has 0 bridgehead atoms. The van der Waals surface area contributed by atoms with Gasteiger partial charge in [0, 0.05) is 0 Å². The number of aliphatic hydroxyl groups excluding tert-OH is 2. The molecule has 0 saturated heterocycles. The van der Waals surface area contributed by atoms with Gasteiger partial charge < -0.3 is 14.9 Å². The molecule has 0 fully saturated rings. The maximum absolute atomic E-state index is 11.3. The van der Waals surface area contributed by atoms with E-state index in [0.29, 0.717) is 12.8 Å². The fraction of sp³-hybridized carbons (Fsp3) is 0.750. The molecular formula is C12H20O4. The average Bonchev–Trinajstić information content (AvgIpc) is 2.15. The molecule has 0 aromatic rings. The Morgan fingerprint density at radius 1 is 1.38 bits per heavy atom. The maximum atomic E-state index is 11.3. The second kappa shape index (κ2) is 6.66. The summed E-state index contributed by atoms with van der Waals surface area (Å²) in [6.07, 6.45) is 4.73. The van der Waals surface area contributed by atoms with Crippen molar-refractivity contribution in [1.82, 2.24) is 0 Å². The van der Waals surface area contributed by atoms with Crippen LogP contribution in [0.3, 0.4) is 0 Å². The summed E-state index contributed by atoms with van der Waals surface area (Å²) >= 11 is 0. The highest BCUT2D eigenvalue weighted by molar-refractivity contribution is 5.70. The summed E-state index contributed by atoms with van der Waals surface area (Å²) in [5.41, 5.74) is 0. The van der Waals surface area contributed by atoms with Gasteiger partial charge in [-0.2, -0.15) is 0 Å². The first-order valence-electron chi connectivity index (χ1n) is 5.80. The van der Waals surface area contributed by atoms with Crippen LogP contribution in [0.15, 0.2) is 12.2 Å². The van der Waals surface area contributed by atoms with E-state index < -0.39 is 6.10 Å². The summed E-state index contributed by atoms with van der Waals surface area (Å²) in [6, 6.07) is 0. The van der Waals surface area contributed by atoms with E-state index in [-0.39, 0.29) is 24.6 Å². The number of carbonyl (C=O) groups excluding carboxylic acids is 1. The number of carbonyl (C=O) groups is 1. The molecule has 1 aliphatic heterocycles. The summed E-state index contributed by atoms with van der Waals surface area (Å²) in [5, 5.41) is 19.0. The van der Waals surface area contributed by atoms with Crippen LogP contribution in [0, 0.1) is 0 Å². The van der Waals surface area contributed by atoms with E-state index in [9.17, 15) is 15.0 Å². The minimum Gasteiger partial charge on any atom is -0.463 e. The third-order valence-corrected chi connectivity index (χ3v) is 2.62. The van der Waals surface area contributed by atoms with Crippen LogP contribution in [0.25, 0.3) is 0 Å². The van der Waals surface area contributed by atoms with E-state index in [2.05, 4.69) is 0 Å². The molecule has 0 aliphatic carbocycles. The van der Waals surface area contributed by atoms with Crippen molar-refractivity contribution >= 4 is 5.97 Å². The Bertz CT molecular complexity index is 249. The van der Waals surface area contributed by atoms with Crippen molar-refractivity contribution in [3.63, 3.8) is 0 Å². The number of cyclic esters (lactones) is 1. The lowest BCUT2D eigenvalue weighted by Crippen LogP contribution is -2.20. The first-order chi connectivity index (χ1) is 7.58. The Morgan fingerprint density at radius 2 is 2.12 bits per heavy atom. The minimum absolute atomic E-state index is 0.0169. The molecule has 1 aliphatic rings. The number of rotatable bonds is 0.